The van der Waals surface area contributed by atoms with E-state index in [2.05, 4.69) is 24.7 Å². The largest absolute Gasteiger partial charge is 0.394 e. The molecule has 0 rings (SSSR count). The molecule has 0 aliphatic rings. The zero-order valence-electron chi connectivity index (χ0n) is 11.7. The number of allylic oxidation sites excluding steroid dienone is 4. The Hall–Kier alpha value is -0.970. The molecule has 0 saturated carbocycles. The lowest BCUT2D eigenvalue weighted by Crippen LogP contribution is -2.03. The van der Waals surface area contributed by atoms with Crippen LogP contribution in [0.25, 0.3) is 0 Å². The third-order valence-electron chi connectivity index (χ3n) is 1.92. The average Bonchev–Trinajstić information content (AvgIpc) is 2.30. The number of aliphatic hydroxyl groups excluding tert-OH is 2. The van der Waals surface area contributed by atoms with Crippen LogP contribution in [0.5, 0.6) is 0 Å². The van der Waals surface area contributed by atoms with Crippen LogP contribution in [0.4, 0.5) is 0 Å². The molecule has 4 heteroatoms. The molecule has 0 spiro atoms. The summed E-state index contributed by atoms with van der Waals surface area (Å²) in [6.45, 7) is 6.84. The maximum atomic E-state index is 10.0. The third kappa shape index (κ3) is 20.4. The van der Waals surface area contributed by atoms with Crippen LogP contribution in [0.15, 0.2) is 23.3 Å². The maximum absolute atomic E-state index is 10.0. The van der Waals surface area contributed by atoms with Crippen molar-refractivity contribution in [1.29, 1.82) is 0 Å². The summed E-state index contributed by atoms with van der Waals surface area (Å²) in [4.78, 5) is 10.0. The van der Waals surface area contributed by atoms with E-state index < -0.39 is 0 Å². The van der Waals surface area contributed by atoms with E-state index in [1.165, 1.54) is 5.57 Å². The molecule has 0 saturated heterocycles. The summed E-state index contributed by atoms with van der Waals surface area (Å²) in [5, 5.41) is 16.2. The second-order valence-electron chi connectivity index (χ2n) is 4.03. The molecular weight excluding hydrogens is 232 g/mol. The lowest BCUT2D eigenvalue weighted by atomic mass is 10.1. The van der Waals surface area contributed by atoms with Crippen LogP contribution in [0.2, 0.25) is 0 Å². The van der Waals surface area contributed by atoms with Crippen molar-refractivity contribution in [1.82, 2.24) is 0 Å². The Kier molecular flexibility index (Phi) is 17.3. The van der Waals surface area contributed by atoms with Gasteiger partial charge in [-0.15, -0.1) is 0 Å². The van der Waals surface area contributed by atoms with Crippen LogP contribution < -0.4 is 0 Å². The summed E-state index contributed by atoms with van der Waals surface area (Å²) in [6.07, 6.45) is 6.68. The number of carbonyl (C=O) groups excluding carboxylic acids is 1. The van der Waals surface area contributed by atoms with Crippen molar-refractivity contribution in [3.63, 3.8) is 0 Å². The van der Waals surface area contributed by atoms with Crippen LogP contribution in [0, 0.1) is 0 Å². The van der Waals surface area contributed by atoms with E-state index in [0.717, 1.165) is 24.7 Å². The number of aliphatic hydroxyl groups is 2. The minimum atomic E-state index is 0.0278. The fourth-order valence-corrected chi connectivity index (χ4v) is 1.02. The monoisotopic (exact) mass is 258 g/mol. The summed E-state index contributed by atoms with van der Waals surface area (Å²) in [5.41, 5.74) is 2.49. The summed E-state index contributed by atoms with van der Waals surface area (Å²) in [7, 11) is 0. The van der Waals surface area contributed by atoms with Gasteiger partial charge >= 0.3 is 0 Å². The Labute approximate surface area is 110 Å². The van der Waals surface area contributed by atoms with E-state index in [1.807, 2.05) is 6.92 Å². The van der Waals surface area contributed by atoms with Gasteiger partial charge in [-0.1, -0.05) is 17.2 Å². The summed E-state index contributed by atoms with van der Waals surface area (Å²) in [5.74, 6) is 0. The van der Waals surface area contributed by atoms with Crippen molar-refractivity contribution in [2.45, 2.75) is 33.6 Å². The molecule has 0 heterocycles. The van der Waals surface area contributed by atoms with Crippen molar-refractivity contribution in [2.75, 3.05) is 26.4 Å². The van der Waals surface area contributed by atoms with Crippen LogP contribution >= 0.6 is 0 Å². The SMILES string of the molecule is CC(C)=CCCC(C)=CC=O.OCCOCCO. The van der Waals surface area contributed by atoms with Crippen molar-refractivity contribution < 1.29 is 19.7 Å². The van der Waals surface area contributed by atoms with Crippen LogP contribution in [-0.4, -0.2) is 42.9 Å². The molecule has 0 aromatic carbocycles. The zero-order valence-corrected chi connectivity index (χ0v) is 11.7. The number of ether oxygens (including phenoxy) is 1. The Balaban J connectivity index is 0. The fraction of sp³-hybridized carbons (Fsp3) is 0.643. The molecule has 2 N–H and O–H groups in total. The molecule has 0 radical (unpaired) electrons. The number of carbonyl (C=O) groups is 1. The lowest BCUT2D eigenvalue weighted by Gasteiger charge is -1.94. The average molecular weight is 258 g/mol. The van der Waals surface area contributed by atoms with Gasteiger partial charge in [0.2, 0.25) is 0 Å². The van der Waals surface area contributed by atoms with Gasteiger partial charge in [-0.05, 0) is 39.7 Å². The van der Waals surface area contributed by atoms with Crippen LogP contribution in [-0.2, 0) is 9.53 Å². The van der Waals surface area contributed by atoms with E-state index in [0.29, 0.717) is 13.2 Å². The second-order valence-corrected chi connectivity index (χ2v) is 4.03. The summed E-state index contributed by atoms with van der Waals surface area (Å²) < 4.78 is 4.63. The molecule has 0 aromatic heterocycles. The van der Waals surface area contributed by atoms with Crippen molar-refractivity contribution in [2.24, 2.45) is 0 Å². The van der Waals surface area contributed by atoms with E-state index in [1.54, 1.807) is 6.08 Å². The molecule has 0 unspecified atom stereocenters. The molecule has 0 fully saturated rings. The van der Waals surface area contributed by atoms with Gasteiger partial charge in [0.15, 0.2) is 0 Å². The minimum Gasteiger partial charge on any atom is -0.394 e. The number of hydrogen-bond acceptors (Lipinski definition) is 4. The predicted octanol–water partition coefficient (Wildman–Crippen LogP) is 1.87. The van der Waals surface area contributed by atoms with Crippen LogP contribution in [0.1, 0.15) is 33.6 Å². The zero-order chi connectivity index (χ0) is 14.2. The lowest BCUT2D eigenvalue weighted by molar-refractivity contribution is -0.104. The molecule has 106 valence electrons. The minimum absolute atomic E-state index is 0.0278. The number of rotatable bonds is 8. The Bertz CT molecular complexity index is 236. The van der Waals surface area contributed by atoms with Crippen molar-refractivity contribution in [3.8, 4) is 0 Å². The Morgan fingerprint density at radius 2 is 1.67 bits per heavy atom. The second kappa shape index (κ2) is 16.0. The normalized spacial score (nSPS) is 10.4. The standard InChI is InChI=1S/C10H16O.C4H10O3/c1-9(2)5-4-6-10(3)7-8-11;5-1-3-7-4-2-6/h5,7-8H,4,6H2,1-3H3;5-6H,1-4H2. The highest BCUT2D eigenvalue weighted by atomic mass is 16.5. The van der Waals surface area contributed by atoms with Gasteiger partial charge in [0.1, 0.15) is 6.29 Å². The molecule has 0 amide bonds. The number of aldehydes is 1. The first-order valence-electron chi connectivity index (χ1n) is 6.12. The molecule has 0 aromatic rings. The van der Waals surface area contributed by atoms with E-state index >= 15 is 0 Å². The third-order valence-corrected chi connectivity index (χ3v) is 1.92. The summed E-state index contributed by atoms with van der Waals surface area (Å²) >= 11 is 0. The van der Waals surface area contributed by atoms with Gasteiger partial charge in [0, 0.05) is 0 Å². The first-order valence-corrected chi connectivity index (χ1v) is 6.12. The topological polar surface area (TPSA) is 66.8 Å². The molecule has 4 nitrogen and oxygen atoms in total. The fourth-order valence-electron chi connectivity index (χ4n) is 1.02. The molecule has 0 bridgehead atoms. The predicted molar refractivity (Wildman–Crippen MR) is 73.5 cm³/mol. The number of hydrogen-bond donors (Lipinski definition) is 2. The van der Waals surface area contributed by atoms with Gasteiger partial charge in [0.25, 0.3) is 0 Å². The van der Waals surface area contributed by atoms with Crippen LogP contribution in [0.3, 0.4) is 0 Å². The van der Waals surface area contributed by atoms with Gasteiger partial charge in [-0.25, -0.2) is 0 Å². The van der Waals surface area contributed by atoms with E-state index in [9.17, 15) is 4.79 Å². The highest BCUT2D eigenvalue weighted by Gasteiger charge is 1.86. The highest BCUT2D eigenvalue weighted by molar-refractivity contribution is 5.65. The van der Waals surface area contributed by atoms with E-state index in [4.69, 9.17) is 10.2 Å². The maximum Gasteiger partial charge on any atom is 0.142 e. The smallest absolute Gasteiger partial charge is 0.142 e. The first-order chi connectivity index (χ1) is 8.58. The van der Waals surface area contributed by atoms with Crippen molar-refractivity contribution in [3.05, 3.63) is 23.3 Å². The first kappa shape index (κ1) is 19.4. The van der Waals surface area contributed by atoms with Gasteiger partial charge in [-0.3, -0.25) is 4.79 Å². The molecular formula is C14H26O4. The van der Waals surface area contributed by atoms with E-state index in [-0.39, 0.29) is 13.2 Å². The van der Waals surface area contributed by atoms with Crippen molar-refractivity contribution >= 4 is 6.29 Å². The molecule has 18 heavy (non-hydrogen) atoms. The molecule has 0 atom stereocenters. The molecule has 0 aliphatic heterocycles. The Morgan fingerprint density at radius 3 is 2.06 bits per heavy atom. The Morgan fingerprint density at radius 1 is 1.11 bits per heavy atom. The quantitative estimate of drug-likeness (QED) is 0.302. The molecule has 0 aliphatic carbocycles. The van der Waals surface area contributed by atoms with Gasteiger partial charge in [-0.2, -0.15) is 0 Å². The van der Waals surface area contributed by atoms with Gasteiger partial charge in [0.05, 0.1) is 26.4 Å². The highest BCUT2D eigenvalue weighted by Crippen LogP contribution is 2.05. The van der Waals surface area contributed by atoms with Gasteiger partial charge < -0.3 is 14.9 Å². The summed E-state index contributed by atoms with van der Waals surface area (Å²) in [6, 6.07) is 0.